The van der Waals surface area contributed by atoms with Gasteiger partial charge in [-0.1, -0.05) is 0 Å². The van der Waals surface area contributed by atoms with E-state index in [0.717, 1.165) is 59.8 Å². The maximum absolute atomic E-state index is 14.0. The monoisotopic (exact) mass is 1010 g/mol. The molecule has 386 valence electrons. The minimum Gasteiger partial charge on any atom is -0.489 e. The van der Waals surface area contributed by atoms with Gasteiger partial charge in [-0.05, 0) is 82.3 Å². The van der Waals surface area contributed by atoms with E-state index in [-0.39, 0.29) is 55.7 Å². The number of rotatable bonds is 19. The number of aromatic nitrogens is 3. The summed E-state index contributed by atoms with van der Waals surface area (Å²) in [5.74, 6) is -0.279. The van der Waals surface area contributed by atoms with Gasteiger partial charge in [-0.25, -0.2) is 13.6 Å². The van der Waals surface area contributed by atoms with Crippen LogP contribution in [0.25, 0.3) is 21.1 Å². The number of pyridine rings is 1. The molecule has 18 nitrogen and oxygen atoms in total. The number of thiophene rings is 1. The Morgan fingerprint density at radius 1 is 0.845 bits per heavy atom. The van der Waals surface area contributed by atoms with Crippen molar-refractivity contribution in [3.8, 4) is 11.6 Å². The molecule has 3 atom stereocenters. The third kappa shape index (κ3) is 13.3. The topological polar surface area (TPSA) is 167 Å². The molecule has 4 aromatic heterocycles. The first-order valence-corrected chi connectivity index (χ1v) is 25.3. The van der Waals surface area contributed by atoms with Gasteiger partial charge in [0, 0.05) is 88.7 Å². The van der Waals surface area contributed by atoms with Crippen LogP contribution in [0.15, 0.2) is 52.5 Å². The Labute approximate surface area is 416 Å². The Kier molecular flexibility index (Phi) is 17.1. The second kappa shape index (κ2) is 23.4. The van der Waals surface area contributed by atoms with Gasteiger partial charge in [0.15, 0.2) is 17.4 Å². The molecule has 1 aromatic carbocycles. The van der Waals surface area contributed by atoms with Crippen molar-refractivity contribution in [3.63, 3.8) is 0 Å². The standard InChI is InChI=1S/C50H66F2N8O10S/c1-33-27-57(48(62)43-24-35-23-39(51)40(52)26-42(35)55(43)6)14-15-59(33)46(61)31-58-28-34(2)60(49(63)69-50(3,4)5)29-36(58)32-66-19-18-64-16-17-65-20-21-67-45-25-38(70-54-45)30-56-12-8-37(9-13-56)68-44-7-11-53-41-10-22-71-47(41)44/h7,10-11,22-26,33-34,36-37H,8-9,12-21,27-32H2,1-6H3/t33-,34-,36-/m1/s1. The Morgan fingerprint density at radius 2 is 1.56 bits per heavy atom. The van der Waals surface area contributed by atoms with Crippen molar-refractivity contribution in [2.45, 2.75) is 83.8 Å². The third-order valence-corrected chi connectivity index (χ3v) is 14.0. The van der Waals surface area contributed by atoms with Gasteiger partial charge >= 0.3 is 6.09 Å². The lowest BCUT2D eigenvalue weighted by molar-refractivity contribution is -0.138. The number of likely N-dealkylation sites (tertiary alicyclic amines) is 1. The van der Waals surface area contributed by atoms with E-state index in [9.17, 15) is 23.2 Å². The van der Waals surface area contributed by atoms with Gasteiger partial charge in [0.1, 0.15) is 29.8 Å². The molecule has 0 spiro atoms. The normalized spacial score (nSPS) is 19.8. The number of nitrogens with zero attached hydrogens (tertiary/aromatic N) is 8. The van der Waals surface area contributed by atoms with E-state index in [4.69, 9.17) is 32.9 Å². The highest BCUT2D eigenvalue weighted by Crippen LogP contribution is 2.32. The first kappa shape index (κ1) is 51.9. The van der Waals surface area contributed by atoms with E-state index in [1.807, 2.05) is 58.2 Å². The number of aryl methyl sites for hydroxylation is 1. The lowest BCUT2D eigenvalue weighted by atomic mass is 10.1. The van der Waals surface area contributed by atoms with Gasteiger partial charge in [0.2, 0.25) is 5.91 Å². The summed E-state index contributed by atoms with van der Waals surface area (Å²) < 4.78 is 71.5. The van der Waals surface area contributed by atoms with Crippen LogP contribution in [-0.4, -0.2) is 186 Å². The number of carbonyl (C=O) groups is 3. The van der Waals surface area contributed by atoms with Crippen LogP contribution in [0.3, 0.4) is 0 Å². The van der Waals surface area contributed by atoms with Crippen LogP contribution in [0.1, 0.15) is 63.7 Å². The molecule has 0 aliphatic carbocycles. The zero-order valence-electron chi connectivity index (χ0n) is 41.5. The SMILES string of the molecule is C[C@@H]1CN(C(=O)c2cc3cc(F)c(F)cc3n2C)CCN1C(=O)CN1C[C@@H](C)N(C(=O)OC(C)(C)C)C[C@@H]1COCCOCCOCCOc1cc(CN2CCC(Oc3ccnc4ccsc34)CC2)on1. The van der Waals surface area contributed by atoms with Crippen molar-refractivity contribution in [1.82, 2.24) is 39.2 Å². The quantitative estimate of drug-likeness (QED) is 0.0858. The molecule has 0 bridgehead atoms. The minimum atomic E-state index is -0.981. The van der Waals surface area contributed by atoms with Gasteiger partial charge in [-0.15, -0.1) is 11.3 Å². The summed E-state index contributed by atoms with van der Waals surface area (Å²) in [4.78, 5) is 54.8. The number of piperazine rings is 2. The summed E-state index contributed by atoms with van der Waals surface area (Å²) in [6.45, 7) is 15.7. The summed E-state index contributed by atoms with van der Waals surface area (Å²) in [6, 6.07) is 8.68. The Balaban J connectivity index is 0.721. The first-order valence-electron chi connectivity index (χ1n) is 24.4. The molecule has 3 saturated heterocycles. The summed E-state index contributed by atoms with van der Waals surface area (Å²) in [7, 11) is 1.65. The molecule has 0 N–H and O–H groups in total. The highest BCUT2D eigenvalue weighted by atomic mass is 32.1. The van der Waals surface area contributed by atoms with Crippen molar-refractivity contribution < 1.29 is 56.1 Å². The van der Waals surface area contributed by atoms with E-state index in [2.05, 4.69) is 19.9 Å². The van der Waals surface area contributed by atoms with Crippen LogP contribution >= 0.6 is 11.3 Å². The van der Waals surface area contributed by atoms with Gasteiger partial charge in [-0.2, -0.15) is 0 Å². The van der Waals surface area contributed by atoms with Gasteiger partial charge < -0.3 is 52.2 Å². The van der Waals surface area contributed by atoms with Gasteiger partial charge in [0.05, 0.1) is 74.5 Å². The van der Waals surface area contributed by atoms with Crippen molar-refractivity contribution in [1.29, 1.82) is 0 Å². The first-order chi connectivity index (χ1) is 34.1. The zero-order valence-corrected chi connectivity index (χ0v) is 42.3. The number of hydrogen-bond acceptors (Lipinski definition) is 15. The largest absolute Gasteiger partial charge is 0.489 e. The minimum absolute atomic E-state index is 0.0946. The van der Waals surface area contributed by atoms with Crippen molar-refractivity contribution in [2.75, 3.05) is 98.6 Å². The van der Waals surface area contributed by atoms with E-state index < -0.39 is 23.3 Å². The number of carbonyl (C=O) groups excluding carboxylic acids is 3. The predicted molar refractivity (Wildman–Crippen MR) is 261 cm³/mol. The number of halogens is 2. The van der Waals surface area contributed by atoms with Crippen molar-refractivity contribution >= 4 is 50.4 Å². The zero-order chi connectivity index (χ0) is 50.2. The lowest BCUT2D eigenvalue weighted by Gasteiger charge is -2.46. The fourth-order valence-electron chi connectivity index (χ4n) is 9.34. The van der Waals surface area contributed by atoms with Crippen LogP contribution in [0, 0.1) is 11.6 Å². The van der Waals surface area contributed by atoms with Crippen LogP contribution in [-0.2, 0) is 37.3 Å². The molecular formula is C50H66F2N8O10S. The number of piperidine rings is 1. The highest BCUT2D eigenvalue weighted by Gasteiger charge is 2.39. The maximum Gasteiger partial charge on any atom is 0.410 e. The van der Waals surface area contributed by atoms with E-state index in [1.54, 1.807) is 49.9 Å². The van der Waals surface area contributed by atoms with E-state index >= 15 is 0 Å². The van der Waals surface area contributed by atoms with Crippen LogP contribution < -0.4 is 9.47 Å². The molecule has 21 heteroatoms. The molecule has 71 heavy (non-hydrogen) atoms. The molecular weight excluding hydrogens is 943 g/mol. The third-order valence-electron chi connectivity index (χ3n) is 13.0. The summed E-state index contributed by atoms with van der Waals surface area (Å²) >= 11 is 1.65. The molecule has 3 aliphatic heterocycles. The van der Waals surface area contributed by atoms with Crippen molar-refractivity contribution in [2.24, 2.45) is 7.05 Å². The molecule has 3 fully saturated rings. The van der Waals surface area contributed by atoms with Crippen LogP contribution in [0.4, 0.5) is 13.6 Å². The van der Waals surface area contributed by atoms with Crippen LogP contribution in [0.5, 0.6) is 11.6 Å². The molecule has 3 amide bonds. The molecule has 0 unspecified atom stereocenters. The Hall–Kier alpha value is -5.45. The molecule has 5 aromatic rings. The smallest absolute Gasteiger partial charge is 0.410 e. The average molecular weight is 1010 g/mol. The van der Waals surface area contributed by atoms with Gasteiger partial charge in [-0.3, -0.25) is 24.4 Å². The fraction of sp³-hybridized carbons (Fsp3) is 0.580. The van der Waals surface area contributed by atoms with Crippen molar-refractivity contribution in [3.05, 3.63) is 71.1 Å². The second-order valence-corrected chi connectivity index (χ2v) is 20.4. The molecule has 0 radical (unpaired) electrons. The van der Waals surface area contributed by atoms with E-state index in [0.29, 0.717) is 94.8 Å². The Morgan fingerprint density at radius 3 is 2.31 bits per heavy atom. The number of hydrogen-bond donors (Lipinski definition) is 0. The number of benzene rings is 1. The maximum atomic E-state index is 14.0. The lowest BCUT2D eigenvalue weighted by Crippen LogP contribution is -2.63. The molecule has 3 aliphatic rings. The Bertz CT molecular complexity index is 2600. The number of fused-ring (bicyclic) bond motifs is 2. The number of amides is 3. The van der Waals surface area contributed by atoms with Gasteiger partial charge in [0.25, 0.3) is 11.8 Å². The highest BCUT2D eigenvalue weighted by molar-refractivity contribution is 7.17. The average Bonchev–Trinajstić information content (AvgIpc) is 4.08. The summed E-state index contributed by atoms with van der Waals surface area (Å²) in [6.07, 6.45) is 3.37. The summed E-state index contributed by atoms with van der Waals surface area (Å²) in [5, 5.41) is 6.53. The predicted octanol–water partition coefficient (Wildman–Crippen LogP) is 6.21. The van der Waals surface area contributed by atoms with E-state index in [1.165, 1.54) is 0 Å². The second-order valence-electron chi connectivity index (χ2n) is 19.5. The van der Waals surface area contributed by atoms with Crippen LogP contribution in [0.2, 0.25) is 0 Å². The molecule has 7 heterocycles. The molecule has 8 rings (SSSR count). The molecule has 0 saturated carbocycles. The fourth-order valence-corrected chi connectivity index (χ4v) is 10.1. The summed E-state index contributed by atoms with van der Waals surface area (Å²) in [5.41, 5.74) is 1.01. The number of ether oxygens (including phenoxy) is 6.